The van der Waals surface area contributed by atoms with Gasteiger partial charge in [-0.15, -0.1) is 0 Å². The third-order valence-corrected chi connectivity index (χ3v) is 8.14. The lowest BCUT2D eigenvalue weighted by Crippen LogP contribution is -2.11. The van der Waals surface area contributed by atoms with E-state index in [1.54, 1.807) is 10.9 Å². The highest BCUT2D eigenvalue weighted by Crippen LogP contribution is 2.49. The van der Waals surface area contributed by atoms with Crippen molar-refractivity contribution in [3.8, 4) is 28.5 Å². The van der Waals surface area contributed by atoms with Crippen LogP contribution in [0, 0.1) is 0 Å². The number of alkyl halides is 3. The van der Waals surface area contributed by atoms with E-state index in [1.807, 2.05) is 31.4 Å². The molecule has 208 valence electrons. The Hall–Kier alpha value is -4.48. The molecule has 6 aromatic rings. The van der Waals surface area contributed by atoms with Gasteiger partial charge in [-0.3, -0.25) is 9.36 Å². The van der Waals surface area contributed by atoms with Crippen LogP contribution < -0.4 is 0 Å². The summed E-state index contributed by atoms with van der Waals surface area (Å²) in [5.41, 5.74) is 5.57. The zero-order valence-electron chi connectivity index (χ0n) is 22.7. The molecule has 5 aromatic heterocycles. The first-order valence-electron chi connectivity index (χ1n) is 13.7. The Morgan fingerprint density at radius 2 is 1.63 bits per heavy atom. The number of hydrogen-bond donors (Lipinski definition) is 0. The second kappa shape index (κ2) is 8.27. The van der Waals surface area contributed by atoms with Gasteiger partial charge in [0.25, 0.3) is 0 Å². The molecule has 0 bridgehead atoms. The van der Waals surface area contributed by atoms with E-state index in [4.69, 9.17) is 9.97 Å². The molecule has 0 N–H and O–H groups in total. The summed E-state index contributed by atoms with van der Waals surface area (Å²) in [6.45, 7) is 0. The van der Waals surface area contributed by atoms with E-state index in [0.717, 1.165) is 86.9 Å². The van der Waals surface area contributed by atoms with Gasteiger partial charge in [-0.05, 0) is 37.8 Å². The molecule has 0 aliphatic heterocycles. The number of hydrogen-bond acceptors (Lipinski definition) is 5. The average Bonchev–Trinajstić information content (AvgIpc) is 3.79. The van der Waals surface area contributed by atoms with Crippen molar-refractivity contribution in [1.82, 2.24) is 43.9 Å². The molecule has 8 rings (SSSR count). The fourth-order valence-corrected chi connectivity index (χ4v) is 5.91. The zero-order valence-corrected chi connectivity index (χ0v) is 22.7. The van der Waals surface area contributed by atoms with Gasteiger partial charge in [0.05, 0.1) is 16.9 Å². The van der Waals surface area contributed by atoms with Crippen LogP contribution in [-0.4, -0.2) is 43.9 Å². The summed E-state index contributed by atoms with van der Waals surface area (Å²) in [6.07, 6.45) is 3.60. The summed E-state index contributed by atoms with van der Waals surface area (Å²) >= 11 is 0. The van der Waals surface area contributed by atoms with Crippen molar-refractivity contribution in [1.29, 1.82) is 0 Å². The summed E-state index contributed by atoms with van der Waals surface area (Å²) in [6, 6.07) is 8.95. The Labute approximate surface area is 232 Å². The Kier molecular flexibility index (Phi) is 4.91. The van der Waals surface area contributed by atoms with Gasteiger partial charge in [-0.25, -0.2) is 14.6 Å². The predicted molar refractivity (Wildman–Crippen MR) is 146 cm³/mol. The minimum Gasteiger partial charge on any atom is -0.330 e. The number of imidazole rings is 1. The molecule has 0 atom stereocenters. The topological polar surface area (TPSA) is 84.2 Å². The smallest absolute Gasteiger partial charge is 0.330 e. The molecule has 2 saturated carbocycles. The Balaban J connectivity index is 1.30. The highest BCUT2D eigenvalue weighted by atomic mass is 19.4. The minimum absolute atomic E-state index is 0.107. The number of halogens is 3. The van der Waals surface area contributed by atoms with Gasteiger partial charge in [0.2, 0.25) is 0 Å². The van der Waals surface area contributed by atoms with Crippen molar-refractivity contribution < 1.29 is 13.2 Å². The van der Waals surface area contributed by atoms with Crippen LogP contribution in [0.25, 0.3) is 50.4 Å². The van der Waals surface area contributed by atoms with Crippen LogP contribution in [0.5, 0.6) is 0 Å². The molecule has 9 nitrogen and oxygen atoms in total. The number of nitrogens with zero attached hydrogens (tertiary/aromatic N) is 9. The second-order valence-electron chi connectivity index (χ2n) is 11.2. The van der Waals surface area contributed by atoms with Crippen molar-refractivity contribution >= 4 is 21.9 Å². The molecule has 1 aromatic carbocycles. The predicted octanol–water partition coefficient (Wildman–Crippen LogP) is 5.88. The lowest BCUT2D eigenvalue weighted by Gasteiger charge is -2.10. The lowest BCUT2D eigenvalue weighted by molar-refractivity contribution is -0.143. The van der Waals surface area contributed by atoms with Gasteiger partial charge in [0.1, 0.15) is 11.5 Å². The number of aromatic nitrogens is 9. The molecule has 0 radical (unpaired) electrons. The fourth-order valence-electron chi connectivity index (χ4n) is 5.91. The van der Waals surface area contributed by atoms with Crippen molar-refractivity contribution in [3.63, 3.8) is 0 Å². The van der Waals surface area contributed by atoms with Crippen LogP contribution in [0.15, 0.2) is 42.7 Å². The summed E-state index contributed by atoms with van der Waals surface area (Å²) in [5.74, 6) is 1.77. The molecule has 5 heterocycles. The SMILES string of the molecule is Cn1cc2cc(-c3nc(-c4cccc5nn(-c6cc(C(F)(F)F)n(C)n6)cc45)c(C4CC4)n3C)c(C3CC3)nc2n1. The van der Waals surface area contributed by atoms with Crippen molar-refractivity contribution in [2.45, 2.75) is 43.7 Å². The number of benzene rings is 1. The molecule has 0 unspecified atom stereocenters. The van der Waals surface area contributed by atoms with Crippen molar-refractivity contribution in [2.24, 2.45) is 21.1 Å². The average molecular weight is 558 g/mol. The van der Waals surface area contributed by atoms with E-state index >= 15 is 0 Å². The van der Waals surface area contributed by atoms with Crippen molar-refractivity contribution in [2.75, 3.05) is 0 Å². The van der Waals surface area contributed by atoms with Crippen LogP contribution in [0.4, 0.5) is 13.2 Å². The highest BCUT2D eigenvalue weighted by molar-refractivity contribution is 5.95. The molecule has 2 fully saturated rings. The molecular formula is C29H26F3N9. The number of fused-ring (bicyclic) bond motifs is 2. The first-order valence-corrected chi connectivity index (χ1v) is 13.7. The quantitative estimate of drug-likeness (QED) is 0.264. The zero-order chi connectivity index (χ0) is 28.2. The number of pyridine rings is 1. The Morgan fingerprint density at radius 1 is 0.854 bits per heavy atom. The van der Waals surface area contributed by atoms with E-state index in [0.29, 0.717) is 17.4 Å². The number of aryl methyl sites for hydroxylation is 2. The van der Waals surface area contributed by atoms with Crippen LogP contribution in [0.2, 0.25) is 0 Å². The maximum absolute atomic E-state index is 13.4. The summed E-state index contributed by atoms with van der Waals surface area (Å²) in [5, 5.41) is 15.0. The van der Waals surface area contributed by atoms with Gasteiger partial charge in [-0.2, -0.15) is 28.5 Å². The molecular weight excluding hydrogens is 531 g/mol. The van der Waals surface area contributed by atoms with Crippen LogP contribution in [-0.2, 0) is 27.3 Å². The molecule has 41 heavy (non-hydrogen) atoms. The standard InChI is InChI=1S/C29H26F3N9/c1-38-13-17-11-19(24(15-7-8-15)33-27(17)37-38)28-34-25(26(39(28)2)16-9-10-16)18-5-4-6-21-20(18)14-41(35-21)23-12-22(29(30,31)32)40(3)36-23/h4-6,11-16H,7-10H2,1-3H3. The van der Waals surface area contributed by atoms with Crippen LogP contribution in [0.1, 0.15) is 54.6 Å². The lowest BCUT2D eigenvalue weighted by atomic mass is 10.0. The highest BCUT2D eigenvalue weighted by Gasteiger charge is 2.37. The first kappa shape index (κ1) is 24.3. The van der Waals surface area contributed by atoms with E-state index in [2.05, 4.69) is 33.0 Å². The molecule has 0 amide bonds. The summed E-state index contributed by atoms with van der Waals surface area (Å²) in [7, 11) is 5.25. The molecule has 2 aliphatic rings. The van der Waals surface area contributed by atoms with E-state index < -0.39 is 11.9 Å². The van der Waals surface area contributed by atoms with Gasteiger partial charge < -0.3 is 4.57 Å². The maximum Gasteiger partial charge on any atom is 0.433 e. The van der Waals surface area contributed by atoms with Gasteiger partial charge in [0, 0.05) is 79.0 Å². The minimum atomic E-state index is -4.51. The molecule has 12 heteroatoms. The second-order valence-corrected chi connectivity index (χ2v) is 11.2. The maximum atomic E-state index is 13.4. The van der Waals surface area contributed by atoms with Gasteiger partial charge >= 0.3 is 6.18 Å². The summed E-state index contributed by atoms with van der Waals surface area (Å²) in [4.78, 5) is 10.2. The van der Waals surface area contributed by atoms with E-state index in [9.17, 15) is 13.2 Å². The van der Waals surface area contributed by atoms with Gasteiger partial charge in [-0.1, -0.05) is 12.1 Å². The first-order chi connectivity index (χ1) is 19.7. The number of rotatable bonds is 5. The van der Waals surface area contributed by atoms with Crippen molar-refractivity contribution in [3.05, 3.63) is 59.8 Å². The Morgan fingerprint density at radius 3 is 2.34 bits per heavy atom. The fraction of sp³-hybridized carbons (Fsp3) is 0.345. The normalized spacial score (nSPS) is 16.0. The van der Waals surface area contributed by atoms with Crippen LogP contribution >= 0.6 is 0 Å². The van der Waals surface area contributed by atoms with Gasteiger partial charge in [0.15, 0.2) is 11.5 Å². The molecule has 0 spiro atoms. The summed E-state index contributed by atoms with van der Waals surface area (Å²) < 4.78 is 46.5. The monoisotopic (exact) mass is 557 g/mol. The van der Waals surface area contributed by atoms with Crippen LogP contribution in [0.3, 0.4) is 0 Å². The molecule has 0 saturated heterocycles. The van der Waals surface area contributed by atoms with E-state index in [-0.39, 0.29) is 5.82 Å². The van der Waals surface area contributed by atoms with E-state index in [1.165, 1.54) is 11.7 Å². The Bertz CT molecular complexity index is 2000. The third kappa shape index (κ3) is 3.87. The molecule has 2 aliphatic carbocycles. The third-order valence-electron chi connectivity index (χ3n) is 8.14. The largest absolute Gasteiger partial charge is 0.433 e.